The van der Waals surface area contributed by atoms with E-state index in [2.05, 4.69) is 9.97 Å². The molecule has 148 valence electrons. The van der Waals surface area contributed by atoms with Crippen LogP contribution in [0, 0.1) is 0 Å². The number of nitrogens with zero attached hydrogens (tertiary/aromatic N) is 2. The van der Waals surface area contributed by atoms with E-state index < -0.39 is 11.2 Å². The highest BCUT2D eigenvalue weighted by Crippen LogP contribution is 2.42. The zero-order chi connectivity index (χ0) is 20.7. The second-order valence-electron chi connectivity index (χ2n) is 7.60. The molecule has 0 radical (unpaired) electrons. The minimum Gasteiger partial charge on any atom is -0.508 e. The number of aliphatic hydroxyl groups excluding tert-OH is 1. The van der Waals surface area contributed by atoms with Crippen LogP contribution in [0.3, 0.4) is 0 Å². The lowest BCUT2D eigenvalue weighted by Gasteiger charge is -2.40. The van der Waals surface area contributed by atoms with Crippen molar-refractivity contribution in [2.24, 2.45) is 0 Å². The zero-order valence-electron chi connectivity index (χ0n) is 16.5. The Morgan fingerprint density at radius 2 is 1.82 bits per heavy atom. The SMILES string of the molecule is CCc1ccc(Oc2nccnc2Cl)cc1C1=C(O)C(C)(C)OC(C)(C)C1=O. The fourth-order valence-electron chi connectivity index (χ4n) is 3.34. The summed E-state index contributed by atoms with van der Waals surface area (Å²) in [7, 11) is 0. The van der Waals surface area contributed by atoms with Crippen molar-refractivity contribution in [3.63, 3.8) is 0 Å². The third-order valence-corrected chi connectivity index (χ3v) is 4.92. The molecule has 0 unspecified atom stereocenters. The number of carbonyl (C=O) groups excluding carboxylic acids is 1. The van der Waals surface area contributed by atoms with Crippen LogP contribution in [0.5, 0.6) is 11.6 Å². The van der Waals surface area contributed by atoms with Gasteiger partial charge in [0, 0.05) is 12.4 Å². The van der Waals surface area contributed by atoms with Crippen molar-refractivity contribution < 1.29 is 19.4 Å². The third-order valence-electron chi connectivity index (χ3n) is 4.66. The molecule has 0 amide bonds. The minimum absolute atomic E-state index is 0.0961. The Kier molecular flexibility index (Phi) is 5.21. The monoisotopic (exact) mass is 402 g/mol. The Bertz CT molecular complexity index is 967. The summed E-state index contributed by atoms with van der Waals surface area (Å²) >= 11 is 6.02. The number of aliphatic hydroxyl groups is 1. The van der Waals surface area contributed by atoms with E-state index in [1.54, 1.807) is 39.8 Å². The first-order valence-corrected chi connectivity index (χ1v) is 9.41. The summed E-state index contributed by atoms with van der Waals surface area (Å²) in [6.45, 7) is 8.86. The number of benzene rings is 1. The van der Waals surface area contributed by atoms with E-state index >= 15 is 0 Å². The Labute approximate surface area is 169 Å². The molecular weight excluding hydrogens is 380 g/mol. The molecule has 0 spiro atoms. The molecule has 0 aliphatic carbocycles. The number of aromatic nitrogens is 2. The van der Waals surface area contributed by atoms with Gasteiger partial charge in [-0.2, -0.15) is 0 Å². The molecule has 1 aromatic heterocycles. The molecule has 0 bridgehead atoms. The topological polar surface area (TPSA) is 81.5 Å². The lowest BCUT2D eigenvalue weighted by Crippen LogP contribution is -2.49. The van der Waals surface area contributed by atoms with Crippen molar-refractivity contribution in [3.8, 4) is 11.6 Å². The molecule has 1 aliphatic heterocycles. The van der Waals surface area contributed by atoms with Gasteiger partial charge in [-0.15, -0.1) is 0 Å². The number of hydrogen-bond donors (Lipinski definition) is 1. The van der Waals surface area contributed by atoms with E-state index in [9.17, 15) is 9.90 Å². The highest BCUT2D eigenvalue weighted by molar-refractivity contribution is 6.30. The largest absolute Gasteiger partial charge is 0.508 e. The van der Waals surface area contributed by atoms with Gasteiger partial charge in [0.2, 0.25) is 0 Å². The maximum absolute atomic E-state index is 13.1. The normalized spacial score (nSPS) is 18.3. The van der Waals surface area contributed by atoms with Crippen LogP contribution in [0.15, 0.2) is 36.4 Å². The number of aryl methyl sites for hydroxylation is 1. The number of ether oxygens (including phenoxy) is 2. The number of halogens is 1. The molecule has 7 heteroatoms. The quantitative estimate of drug-likeness (QED) is 0.782. The lowest BCUT2D eigenvalue weighted by molar-refractivity contribution is -0.158. The van der Waals surface area contributed by atoms with Crippen LogP contribution in [0.2, 0.25) is 5.15 Å². The van der Waals surface area contributed by atoms with Crippen molar-refractivity contribution in [1.29, 1.82) is 0 Å². The maximum Gasteiger partial charge on any atom is 0.257 e. The molecule has 6 nitrogen and oxygen atoms in total. The predicted molar refractivity (Wildman–Crippen MR) is 107 cm³/mol. The molecule has 3 rings (SSSR count). The molecule has 2 heterocycles. The smallest absolute Gasteiger partial charge is 0.257 e. The van der Waals surface area contributed by atoms with Crippen LogP contribution in [0.1, 0.15) is 45.7 Å². The van der Waals surface area contributed by atoms with Gasteiger partial charge in [-0.25, -0.2) is 9.97 Å². The van der Waals surface area contributed by atoms with Gasteiger partial charge in [0.15, 0.2) is 10.9 Å². The van der Waals surface area contributed by atoms with Gasteiger partial charge in [-0.3, -0.25) is 4.79 Å². The van der Waals surface area contributed by atoms with E-state index in [4.69, 9.17) is 21.1 Å². The van der Waals surface area contributed by atoms with Crippen molar-refractivity contribution >= 4 is 23.0 Å². The average Bonchev–Trinajstić information content (AvgIpc) is 2.62. The van der Waals surface area contributed by atoms with Gasteiger partial charge in [-0.1, -0.05) is 24.6 Å². The second kappa shape index (κ2) is 7.18. The van der Waals surface area contributed by atoms with Gasteiger partial charge in [0.05, 0.1) is 5.57 Å². The van der Waals surface area contributed by atoms with Gasteiger partial charge < -0.3 is 14.6 Å². The molecule has 1 aromatic carbocycles. The summed E-state index contributed by atoms with van der Waals surface area (Å²) in [4.78, 5) is 21.1. The second-order valence-corrected chi connectivity index (χ2v) is 7.96. The standard InChI is InChI=1S/C21H23ClN2O4/c1-6-12-7-8-13(27-19-18(22)23-9-10-24-19)11-14(12)15-16(25)20(2,3)28-21(4,5)17(15)26/h7-11,25H,6H2,1-5H3. The van der Waals surface area contributed by atoms with Crippen LogP contribution in [0.25, 0.3) is 5.57 Å². The number of ketones is 1. The van der Waals surface area contributed by atoms with Gasteiger partial charge in [0.1, 0.15) is 22.7 Å². The Hall–Kier alpha value is -2.44. The lowest BCUT2D eigenvalue weighted by atomic mass is 9.81. The Morgan fingerprint density at radius 1 is 1.14 bits per heavy atom. The van der Waals surface area contributed by atoms with Gasteiger partial charge in [0.25, 0.3) is 5.88 Å². The van der Waals surface area contributed by atoms with Crippen molar-refractivity contribution in [3.05, 3.63) is 52.6 Å². The summed E-state index contributed by atoms with van der Waals surface area (Å²) in [5.74, 6) is 0.219. The number of Topliss-reactive ketones (excluding diaryl/α,β-unsaturated/α-hetero) is 1. The van der Waals surface area contributed by atoms with Gasteiger partial charge in [-0.05, 0) is 57.4 Å². The van der Waals surface area contributed by atoms with Crippen LogP contribution >= 0.6 is 11.6 Å². The number of rotatable bonds is 4. The summed E-state index contributed by atoms with van der Waals surface area (Å²) < 4.78 is 11.6. The highest BCUT2D eigenvalue weighted by atomic mass is 35.5. The maximum atomic E-state index is 13.1. The molecule has 0 saturated carbocycles. The van der Waals surface area contributed by atoms with E-state index in [0.717, 1.165) is 5.56 Å². The fourth-order valence-corrected chi connectivity index (χ4v) is 3.48. The molecule has 0 atom stereocenters. The predicted octanol–water partition coefficient (Wildman–Crippen LogP) is 4.91. The molecule has 2 aromatic rings. The molecule has 0 fully saturated rings. The van der Waals surface area contributed by atoms with E-state index in [-0.39, 0.29) is 28.1 Å². The zero-order valence-corrected chi connectivity index (χ0v) is 17.3. The Morgan fingerprint density at radius 3 is 2.46 bits per heavy atom. The third kappa shape index (κ3) is 3.62. The van der Waals surface area contributed by atoms with Crippen LogP contribution in [-0.4, -0.2) is 32.1 Å². The molecule has 1 aliphatic rings. The van der Waals surface area contributed by atoms with Crippen LogP contribution in [0.4, 0.5) is 0 Å². The van der Waals surface area contributed by atoms with E-state index in [0.29, 0.717) is 17.7 Å². The minimum atomic E-state index is -1.07. The summed E-state index contributed by atoms with van der Waals surface area (Å²) in [5, 5.41) is 11.0. The molecule has 1 N–H and O–H groups in total. The fraction of sp³-hybridized carbons (Fsp3) is 0.381. The Balaban J connectivity index is 2.15. The van der Waals surface area contributed by atoms with E-state index in [1.807, 2.05) is 13.0 Å². The molecule has 0 saturated heterocycles. The average molecular weight is 403 g/mol. The first kappa shape index (κ1) is 20.3. The first-order chi connectivity index (χ1) is 13.1. The van der Waals surface area contributed by atoms with Gasteiger partial charge >= 0.3 is 0 Å². The molecule has 28 heavy (non-hydrogen) atoms. The number of hydrogen-bond acceptors (Lipinski definition) is 6. The van der Waals surface area contributed by atoms with Crippen molar-refractivity contribution in [1.82, 2.24) is 9.97 Å². The number of carbonyl (C=O) groups is 1. The van der Waals surface area contributed by atoms with E-state index in [1.165, 1.54) is 12.4 Å². The first-order valence-electron chi connectivity index (χ1n) is 9.03. The molecular formula is C21H23ClN2O4. The highest BCUT2D eigenvalue weighted by Gasteiger charge is 2.47. The summed E-state index contributed by atoms with van der Waals surface area (Å²) in [5.41, 5.74) is -0.314. The van der Waals surface area contributed by atoms with Crippen molar-refractivity contribution in [2.45, 2.75) is 52.2 Å². The summed E-state index contributed by atoms with van der Waals surface area (Å²) in [6.07, 6.45) is 3.62. The van der Waals surface area contributed by atoms with Crippen LogP contribution in [-0.2, 0) is 16.0 Å². The summed E-state index contributed by atoms with van der Waals surface area (Å²) in [6, 6.07) is 5.34. The van der Waals surface area contributed by atoms with Crippen molar-refractivity contribution in [2.75, 3.05) is 0 Å². The van der Waals surface area contributed by atoms with Crippen LogP contribution < -0.4 is 4.74 Å².